The van der Waals surface area contributed by atoms with Crippen molar-refractivity contribution in [2.75, 3.05) is 5.32 Å². The van der Waals surface area contributed by atoms with Crippen molar-refractivity contribution >= 4 is 17.5 Å². The third kappa shape index (κ3) is 3.57. The van der Waals surface area contributed by atoms with E-state index in [0.29, 0.717) is 24.8 Å². The van der Waals surface area contributed by atoms with Crippen molar-refractivity contribution in [1.29, 1.82) is 0 Å². The molecule has 0 bridgehead atoms. The summed E-state index contributed by atoms with van der Waals surface area (Å²) in [5, 5.41) is 14.9. The molecule has 0 radical (unpaired) electrons. The Hall–Kier alpha value is -1.88. The minimum Gasteiger partial charge on any atom is -0.393 e. The largest absolute Gasteiger partial charge is 0.393 e. The van der Waals surface area contributed by atoms with Crippen LogP contribution in [0.15, 0.2) is 18.2 Å². The summed E-state index contributed by atoms with van der Waals surface area (Å²) in [6.07, 6.45) is 1.19. The van der Waals surface area contributed by atoms with Crippen LogP contribution in [0.4, 0.5) is 5.69 Å². The van der Waals surface area contributed by atoms with Crippen LogP contribution in [0.25, 0.3) is 0 Å². The molecule has 2 atom stereocenters. The highest BCUT2D eigenvalue weighted by atomic mass is 16.3. The van der Waals surface area contributed by atoms with Crippen LogP contribution >= 0.6 is 0 Å². The number of aliphatic hydroxyl groups is 1. The molecule has 2 rings (SSSR count). The number of aliphatic hydroxyl groups excluding tert-OH is 1. The van der Waals surface area contributed by atoms with Crippen molar-refractivity contribution in [2.24, 2.45) is 0 Å². The van der Waals surface area contributed by atoms with Crippen LogP contribution in [0.2, 0.25) is 0 Å². The number of benzene rings is 1. The van der Waals surface area contributed by atoms with Gasteiger partial charge in [-0.3, -0.25) is 9.59 Å². The van der Waals surface area contributed by atoms with Crippen LogP contribution in [0.3, 0.4) is 0 Å². The van der Waals surface area contributed by atoms with Gasteiger partial charge in [0.1, 0.15) is 0 Å². The first-order valence-corrected chi connectivity index (χ1v) is 6.87. The zero-order valence-electron chi connectivity index (χ0n) is 11.8. The molecule has 0 saturated heterocycles. The number of fused-ring (bicyclic) bond motifs is 1. The minimum atomic E-state index is -0.441. The summed E-state index contributed by atoms with van der Waals surface area (Å²) in [6.45, 7) is 3.56. The number of hydrogen-bond donors (Lipinski definition) is 3. The fraction of sp³-hybridized carbons (Fsp3) is 0.467. The summed E-state index contributed by atoms with van der Waals surface area (Å²) in [7, 11) is 0. The second-order valence-electron chi connectivity index (χ2n) is 5.38. The summed E-state index contributed by atoms with van der Waals surface area (Å²) < 4.78 is 0. The van der Waals surface area contributed by atoms with Crippen LogP contribution in [-0.4, -0.2) is 29.1 Å². The summed E-state index contributed by atoms with van der Waals surface area (Å²) in [5.74, 6) is -0.141. The first-order chi connectivity index (χ1) is 9.45. The minimum absolute atomic E-state index is 0.0141. The van der Waals surface area contributed by atoms with Crippen molar-refractivity contribution in [3.05, 3.63) is 29.3 Å². The Labute approximate surface area is 118 Å². The van der Waals surface area contributed by atoms with E-state index >= 15 is 0 Å². The molecular weight excluding hydrogens is 256 g/mol. The van der Waals surface area contributed by atoms with E-state index < -0.39 is 6.10 Å². The van der Waals surface area contributed by atoms with E-state index in [1.165, 1.54) is 0 Å². The van der Waals surface area contributed by atoms with E-state index in [9.17, 15) is 14.7 Å². The lowest BCUT2D eigenvalue weighted by Crippen LogP contribution is -2.34. The Balaban J connectivity index is 2.06. The maximum atomic E-state index is 12.1. The smallest absolute Gasteiger partial charge is 0.251 e. The third-order valence-electron chi connectivity index (χ3n) is 3.34. The van der Waals surface area contributed by atoms with Gasteiger partial charge in [-0.1, -0.05) is 0 Å². The van der Waals surface area contributed by atoms with E-state index in [2.05, 4.69) is 10.6 Å². The predicted octanol–water partition coefficient (Wildman–Crippen LogP) is 1.46. The number of carbonyl (C=O) groups is 2. The fourth-order valence-electron chi connectivity index (χ4n) is 2.40. The van der Waals surface area contributed by atoms with E-state index in [4.69, 9.17) is 0 Å². The van der Waals surface area contributed by atoms with Crippen LogP contribution in [0.1, 0.15) is 42.6 Å². The van der Waals surface area contributed by atoms with Gasteiger partial charge in [-0.2, -0.15) is 0 Å². The Kier molecular flexibility index (Phi) is 4.39. The number of aryl methyl sites for hydroxylation is 1. The van der Waals surface area contributed by atoms with Crippen LogP contribution in [0.5, 0.6) is 0 Å². The summed E-state index contributed by atoms with van der Waals surface area (Å²) in [4.78, 5) is 23.4. The van der Waals surface area contributed by atoms with Gasteiger partial charge in [0.15, 0.2) is 0 Å². The molecule has 5 nitrogen and oxygen atoms in total. The Morgan fingerprint density at radius 3 is 2.85 bits per heavy atom. The number of amides is 2. The third-order valence-corrected chi connectivity index (χ3v) is 3.34. The van der Waals surface area contributed by atoms with Gasteiger partial charge in [0.2, 0.25) is 5.91 Å². The summed E-state index contributed by atoms with van der Waals surface area (Å²) in [6, 6.07) is 5.20. The molecule has 2 unspecified atom stereocenters. The highest BCUT2D eigenvalue weighted by molar-refractivity contribution is 5.98. The molecule has 1 aliphatic rings. The molecule has 0 fully saturated rings. The molecule has 5 heteroatoms. The lowest BCUT2D eigenvalue weighted by Gasteiger charge is -2.19. The monoisotopic (exact) mass is 276 g/mol. The zero-order chi connectivity index (χ0) is 14.7. The average Bonchev–Trinajstić information content (AvgIpc) is 2.36. The maximum Gasteiger partial charge on any atom is 0.251 e. The first-order valence-electron chi connectivity index (χ1n) is 6.87. The van der Waals surface area contributed by atoms with Gasteiger partial charge in [-0.05, 0) is 50.5 Å². The maximum absolute atomic E-state index is 12.1. The van der Waals surface area contributed by atoms with Crippen molar-refractivity contribution in [2.45, 2.75) is 45.3 Å². The number of nitrogens with one attached hydrogen (secondary N) is 2. The van der Waals surface area contributed by atoms with Crippen molar-refractivity contribution < 1.29 is 14.7 Å². The van der Waals surface area contributed by atoms with Crippen molar-refractivity contribution in [3.63, 3.8) is 0 Å². The summed E-state index contributed by atoms with van der Waals surface area (Å²) in [5.41, 5.74) is 2.35. The highest BCUT2D eigenvalue weighted by Gasteiger charge is 2.17. The van der Waals surface area contributed by atoms with Crippen LogP contribution in [0, 0.1) is 0 Å². The van der Waals surface area contributed by atoms with Gasteiger partial charge in [0.05, 0.1) is 6.10 Å². The predicted molar refractivity (Wildman–Crippen MR) is 76.6 cm³/mol. The molecule has 1 aliphatic heterocycles. The lowest BCUT2D eigenvalue weighted by atomic mass is 10.00. The fourth-order valence-corrected chi connectivity index (χ4v) is 2.40. The second kappa shape index (κ2) is 6.05. The Morgan fingerprint density at radius 1 is 1.40 bits per heavy atom. The molecule has 0 saturated carbocycles. The van der Waals surface area contributed by atoms with Crippen LogP contribution in [-0.2, 0) is 11.2 Å². The van der Waals surface area contributed by atoms with Gasteiger partial charge >= 0.3 is 0 Å². The molecule has 0 aliphatic carbocycles. The van der Waals surface area contributed by atoms with Gasteiger partial charge < -0.3 is 15.7 Å². The van der Waals surface area contributed by atoms with E-state index in [1.54, 1.807) is 19.1 Å². The SMILES string of the molecule is CC(O)CC(C)NC(=O)c1ccc2c(c1)CCC(=O)N2. The van der Waals surface area contributed by atoms with Gasteiger partial charge in [-0.25, -0.2) is 0 Å². The normalized spacial score (nSPS) is 16.9. The molecule has 1 aromatic carbocycles. The van der Waals surface area contributed by atoms with Crippen LogP contribution < -0.4 is 10.6 Å². The highest BCUT2D eigenvalue weighted by Crippen LogP contribution is 2.23. The van der Waals surface area contributed by atoms with Gasteiger partial charge in [0.25, 0.3) is 5.91 Å². The quantitative estimate of drug-likeness (QED) is 0.779. The molecule has 2 amide bonds. The lowest BCUT2D eigenvalue weighted by molar-refractivity contribution is -0.116. The van der Waals surface area contributed by atoms with Gasteiger partial charge in [-0.15, -0.1) is 0 Å². The first kappa shape index (κ1) is 14.5. The average molecular weight is 276 g/mol. The molecule has 1 heterocycles. The zero-order valence-corrected chi connectivity index (χ0v) is 11.8. The molecule has 3 N–H and O–H groups in total. The number of anilines is 1. The molecule has 108 valence electrons. The second-order valence-corrected chi connectivity index (χ2v) is 5.38. The Morgan fingerprint density at radius 2 is 2.15 bits per heavy atom. The summed E-state index contributed by atoms with van der Waals surface area (Å²) >= 11 is 0. The molecule has 0 spiro atoms. The van der Waals surface area contributed by atoms with E-state index in [0.717, 1.165) is 11.3 Å². The molecular formula is C15H20N2O3. The van der Waals surface area contributed by atoms with E-state index in [-0.39, 0.29) is 17.9 Å². The van der Waals surface area contributed by atoms with E-state index in [1.807, 2.05) is 13.0 Å². The topological polar surface area (TPSA) is 78.4 Å². The molecule has 1 aromatic rings. The standard InChI is InChI=1S/C15H20N2O3/c1-9(7-10(2)18)16-15(20)12-3-5-13-11(8-12)4-6-14(19)17-13/h3,5,8-10,18H,4,6-7H2,1-2H3,(H,16,20)(H,17,19). The number of rotatable bonds is 4. The van der Waals surface area contributed by atoms with Crippen molar-refractivity contribution in [1.82, 2.24) is 5.32 Å². The Bertz CT molecular complexity index is 526. The molecule has 0 aromatic heterocycles. The van der Waals surface area contributed by atoms with Gasteiger partial charge in [0, 0.05) is 23.7 Å². The molecule has 20 heavy (non-hydrogen) atoms. The van der Waals surface area contributed by atoms with Crippen molar-refractivity contribution in [3.8, 4) is 0 Å². The number of carbonyl (C=O) groups excluding carboxylic acids is 2. The number of hydrogen-bond acceptors (Lipinski definition) is 3.